The fourth-order valence-electron chi connectivity index (χ4n) is 1.51. The number of pyridine rings is 1. The molecule has 1 aromatic carbocycles. The van der Waals surface area contributed by atoms with Gasteiger partial charge in [0.2, 0.25) is 5.88 Å². The summed E-state index contributed by atoms with van der Waals surface area (Å²) in [6.45, 7) is 2.36. The van der Waals surface area contributed by atoms with E-state index in [1.54, 1.807) is 6.07 Å². The fourth-order valence-corrected chi connectivity index (χ4v) is 1.51. The maximum absolute atomic E-state index is 9.02. The molecule has 1 aromatic heterocycles. The molecule has 0 unspecified atom stereocenters. The van der Waals surface area contributed by atoms with E-state index in [2.05, 4.69) is 4.98 Å². The van der Waals surface area contributed by atoms with Gasteiger partial charge in [0.1, 0.15) is 6.61 Å². The van der Waals surface area contributed by atoms with Crippen molar-refractivity contribution in [3.63, 3.8) is 0 Å². The number of nitrogens with zero attached hydrogens (tertiary/aromatic N) is 1. The van der Waals surface area contributed by atoms with Gasteiger partial charge in [-0.1, -0.05) is 36.4 Å². The smallest absolute Gasteiger partial charge is 0.216 e. The topological polar surface area (TPSA) is 42.4 Å². The maximum atomic E-state index is 9.02. The predicted molar refractivity (Wildman–Crippen MR) is 65.7 cm³/mol. The van der Waals surface area contributed by atoms with E-state index in [1.807, 2.05) is 43.3 Å². The van der Waals surface area contributed by atoms with Crippen LogP contribution < -0.4 is 4.74 Å². The van der Waals surface area contributed by atoms with E-state index in [-0.39, 0.29) is 6.61 Å². The zero-order valence-electron chi connectivity index (χ0n) is 9.76. The first-order valence-corrected chi connectivity index (χ1v) is 5.53. The van der Waals surface area contributed by atoms with Gasteiger partial charge in [-0.05, 0) is 18.6 Å². The minimum absolute atomic E-state index is 0.0675. The highest BCUT2D eigenvalue weighted by Crippen LogP contribution is 2.16. The van der Waals surface area contributed by atoms with E-state index in [0.29, 0.717) is 18.2 Å². The number of hydrogen-bond acceptors (Lipinski definition) is 3. The molecule has 0 aliphatic heterocycles. The van der Waals surface area contributed by atoms with Gasteiger partial charge >= 0.3 is 0 Å². The van der Waals surface area contributed by atoms with Crippen LogP contribution in [0.2, 0.25) is 0 Å². The molecule has 88 valence electrons. The molecule has 0 saturated carbocycles. The van der Waals surface area contributed by atoms with Crippen LogP contribution >= 0.6 is 0 Å². The summed E-state index contributed by atoms with van der Waals surface area (Å²) >= 11 is 0. The molecule has 3 nitrogen and oxygen atoms in total. The average Bonchev–Trinajstić information content (AvgIpc) is 2.39. The maximum Gasteiger partial charge on any atom is 0.216 e. The van der Waals surface area contributed by atoms with Gasteiger partial charge in [-0.3, -0.25) is 0 Å². The van der Waals surface area contributed by atoms with Crippen LogP contribution in [0.1, 0.15) is 16.8 Å². The first kappa shape index (κ1) is 11.6. The molecule has 0 bridgehead atoms. The SMILES string of the molecule is Cc1ccc(CO)nc1OCc1ccccc1. The van der Waals surface area contributed by atoms with Crippen LogP contribution in [0.4, 0.5) is 0 Å². The summed E-state index contributed by atoms with van der Waals surface area (Å²) in [5.74, 6) is 0.584. The van der Waals surface area contributed by atoms with Gasteiger partial charge in [0.15, 0.2) is 0 Å². The molecule has 0 fully saturated rings. The number of ether oxygens (including phenoxy) is 1. The largest absolute Gasteiger partial charge is 0.473 e. The third-order valence-electron chi connectivity index (χ3n) is 2.49. The summed E-state index contributed by atoms with van der Waals surface area (Å²) in [6, 6.07) is 13.6. The van der Waals surface area contributed by atoms with Crippen LogP contribution in [0.5, 0.6) is 5.88 Å². The highest BCUT2D eigenvalue weighted by molar-refractivity contribution is 5.27. The van der Waals surface area contributed by atoms with Gasteiger partial charge in [-0.2, -0.15) is 0 Å². The van der Waals surface area contributed by atoms with Crippen molar-refractivity contribution >= 4 is 0 Å². The molecule has 3 heteroatoms. The van der Waals surface area contributed by atoms with Crippen molar-refractivity contribution in [1.29, 1.82) is 0 Å². The van der Waals surface area contributed by atoms with Gasteiger partial charge in [-0.15, -0.1) is 0 Å². The van der Waals surface area contributed by atoms with E-state index in [0.717, 1.165) is 11.1 Å². The molecule has 2 rings (SSSR count). The highest BCUT2D eigenvalue weighted by Gasteiger charge is 2.03. The van der Waals surface area contributed by atoms with Crippen molar-refractivity contribution in [3.8, 4) is 5.88 Å². The van der Waals surface area contributed by atoms with Crippen molar-refractivity contribution in [1.82, 2.24) is 4.98 Å². The average molecular weight is 229 g/mol. The Bertz CT molecular complexity index is 483. The normalized spacial score (nSPS) is 10.2. The zero-order valence-corrected chi connectivity index (χ0v) is 9.76. The molecule has 17 heavy (non-hydrogen) atoms. The Morgan fingerprint density at radius 1 is 1.12 bits per heavy atom. The molecule has 0 spiro atoms. The summed E-state index contributed by atoms with van der Waals surface area (Å²) < 4.78 is 5.64. The number of aromatic nitrogens is 1. The number of aliphatic hydroxyl groups is 1. The molecule has 1 heterocycles. The fraction of sp³-hybridized carbons (Fsp3) is 0.214. The number of hydrogen-bond donors (Lipinski definition) is 1. The Balaban J connectivity index is 2.08. The number of rotatable bonds is 4. The van der Waals surface area contributed by atoms with Crippen molar-refractivity contribution in [2.24, 2.45) is 0 Å². The Hall–Kier alpha value is -1.87. The van der Waals surface area contributed by atoms with Crippen molar-refractivity contribution in [2.75, 3.05) is 0 Å². The number of aryl methyl sites for hydroxylation is 1. The van der Waals surface area contributed by atoms with Gasteiger partial charge in [0, 0.05) is 5.56 Å². The molecule has 0 amide bonds. The molecule has 1 N–H and O–H groups in total. The van der Waals surface area contributed by atoms with Gasteiger partial charge in [-0.25, -0.2) is 4.98 Å². The second-order valence-electron chi connectivity index (χ2n) is 3.86. The van der Waals surface area contributed by atoms with Crippen LogP contribution in [0.25, 0.3) is 0 Å². The van der Waals surface area contributed by atoms with E-state index in [1.165, 1.54) is 0 Å². The number of benzene rings is 1. The molecule has 0 atom stereocenters. The molecule has 0 aliphatic rings. The Morgan fingerprint density at radius 3 is 2.59 bits per heavy atom. The Kier molecular flexibility index (Phi) is 3.73. The van der Waals surface area contributed by atoms with E-state index in [4.69, 9.17) is 9.84 Å². The second kappa shape index (κ2) is 5.46. The molecule has 2 aromatic rings. The second-order valence-corrected chi connectivity index (χ2v) is 3.86. The molecule has 0 radical (unpaired) electrons. The summed E-state index contributed by atoms with van der Waals surface area (Å²) in [7, 11) is 0. The lowest BCUT2D eigenvalue weighted by atomic mass is 10.2. The summed E-state index contributed by atoms with van der Waals surface area (Å²) in [6.07, 6.45) is 0. The van der Waals surface area contributed by atoms with E-state index in [9.17, 15) is 0 Å². The summed E-state index contributed by atoms with van der Waals surface area (Å²) in [4.78, 5) is 4.23. The number of aliphatic hydroxyl groups excluding tert-OH is 1. The van der Waals surface area contributed by atoms with Crippen molar-refractivity contribution in [3.05, 3.63) is 59.3 Å². The van der Waals surface area contributed by atoms with Crippen molar-refractivity contribution in [2.45, 2.75) is 20.1 Å². The van der Waals surface area contributed by atoms with Crippen molar-refractivity contribution < 1.29 is 9.84 Å². The summed E-state index contributed by atoms with van der Waals surface area (Å²) in [5, 5.41) is 9.02. The van der Waals surface area contributed by atoms with Crippen LogP contribution in [-0.4, -0.2) is 10.1 Å². The minimum atomic E-state index is -0.0675. The lowest BCUT2D eigenvalue weighted by Crippen LogP contribution is -2.01. The first-order chi connectivity index (χ1) is 8.29. The lowest BCUT2D eigenvalue weighted by Gasteiger charge is -2.09. The van der Waals surface area contributed by atoms with E-state index >= 15 is 0 Å². The molecular formula is C14H15NO2. The molecule has 0 aliphatic carbocycles. The van der Waals surface area contributed by atoms with Crippen LogP contribution in [0, 0.1) is 6.92 Å². The standard InChI is InChI=1S/C14H15NO2/c1-11-7-8-13(9-16)15-14(11)17-10-12-5-3-2-4-6-12/h2-8,16H,9-10H2,1H3. The van der Waals surface area contributed by atoms with Crippen LogP contribution in [-0.2, 0) is 13.2 Å². The van der Waals surface area contributed by atoms with E-state index < -0.39 is 0 Å². The van der Waals surface area contributed by atoms with Gasteiger partial charge < -0.3 is 9.84 Å². The molecular weight excluding hydrogens is 214 g/mol. The third-order valence-corrected chi connectivity index (χ3v) is 2.49. The highest BCUT2D eigenvalue weighted by atomic mass is 16.5. The Morgan fingerprint density at radius 2 is 1.88 bits per heavy atom. The molecule has 0 saturated heterocycles. The van der Waals surface area contributed by atoms with Gasteiger partial charge in [0.05, 0.1) is 12.3 Å². The van der Waals surface area contributed by atoms with Crippen LogP contribution in [0.3, 0.4) is 0 Å². The van der Waals surface area contributed by atoms with Gasteiger partial charge in [0.25, 0.3) is 0 Å². The lowest BCUT2D eigenvalue weighted by molar-refractivity contribution is 0.265. The third kappa shape index (κ3) is 3.04. The quantitative estimate of drug-likeness (QED) is 0.875. The minimum Gasteiger partial charge on any atom is -0.473 e. The van der Waals surface area contributed by atoms with Crippen LogP contribution in [0.15, 0.2) is 42.5 Å². The Labute approximate surface area is 101 Å². The zero-order chi connectivity index (χ0) is 12.1. The monoisotopic (exact) mass is 229 g/mol. The summed E-state index contributed by atoms with van der Waals surface area (Å²) in [5.41, 5.74) is 2.69. The predicted octanol–water partition coefficient (Wildman–Crippen LogP) is 2.46. The first-order valence-electron chi connectivity index (χ1n) is 5.53.